The van der Waals surface area contributed by atoms with E-state index in [1.54, 1.807) is 0 Å². The lowest BCUT2D eigenvalue weighted by molar-refractivity contribution is 0.652. The first-order valence-corrected chi connectivity index (χ1v) is 7.75. The lowest BCUT2D eigenvalue weighted by atomic mass is 10.2. The monoisotopic (exact) mass is 351 g/mol. The lowest BCUT2D eigenvalue weighted by Crippen LogP contribution is -2.46. The third-order valence-electron chi connectivity index (χ3n) is 3.53. The van der Waals surface area contributed by atoms with Crippen molar-refractivity contribution >= 4 is 38.9 Å². The Labute approximate surface area is 132 Å². The number of benzene rings is 1. The van der Waals surface area contributed by atoms with Crippen molar-refractivity contribution < 1.29 is 0 Å². The predicted octanol–water partition coefficient (Wildman–Crippen LogP) is 3.82. The van der Waals surface area contributed by atoms with E-state index in [9.17, 15) is 0 Å². The van der Waals surface area contributed by atoms with Crippen molar-refractivity contribution in [3.8, 4) is 0 Å². The summed E-state index contributed by atoms with van der Waals surface area (Å²) in [6.07, 6.45) is 3.73. The maximum absolute atomic E-state index is 5.93. The molecule has 0 N–H and O–H groups in total. The van der Waals surface area contributed by atoms with Crippen molar-refractivity contribution in [2.45, 2.75) is 0 Å². The fourth-order valence-electron chi connectivity index (χ4n) is 2.45. The summed E-state index contributed by atoms with van der Waals surface area (Å²) >= 11 is 9.40. The normalized spacial score (nSPS) is 15.5. The molecule has 0 aliphatic carbocycles. The molecule has 1 saturated heterocycles. The summed E-state index contributed by atoms with van der Waals surface area (Å²) in [5.74, 6) is 0. The molecule has 2 heterocycles. The maximum Gasteiger partial charge on any atom is 0.0565 e. The second kappa shape index (κ2) is 6.02. The van der Waals surface area contributed by atoms with Gasteiger partial charge in [-0.25, -0.2) is 0 Å². The van der Waals surface area contributed by atoms with Gasteiger partial charge in [-0.2, -0.15) is 0 Å². The molecule has 1 aromatic heterocycles. The minimum Gasteiger partial charge on any atom is -0.368 e. The zero-order valence-electron chi connectivity index (χ0n) is 11.0. The molecule has 3 rings (SSSR count). The molecule has 0 bridgehead atoms. The number of piperazine rings is 1. The van der Waals surface area contributed by atoms with E-state index in [0.29, 0.717) is 0 Å². The standard InChI is InChI=1S/C15H15BrClN3/c16-12-9-15(11-18-10-12)20-7-5-19(6-8-20)14-3-1-13(17)2-4-14/h1-4,9-11H,5-8H2. The van der Waals surface area contributed by atoms with Gasteiger partial charge >= 0.3 is 0 Å². The zero-order chi connectivity index (χ0) is 13.9. The molecule has 2 aromatic rings. The summed E-state index contributed by atoms with van der Waals surface area (Å²) in [6.45, 7) is 4.02. The van der Waals surface area contributed by atoms with E-state index in [0.717, 1.165) is 35.7 Å². The first-order valence-electron chi connectivity index (χ1n) is 6.58. The van der Waals surface area contributed by atoms with Gasteiger partial charge in [0, 0.05) is 47.6 Å². The molecule has 1 aromatic carbocycles. The average molecular weight is 353 g/mol. The molecule has 1 fully saturated rings. The molecular formula is C15H15BrClN3. The van der Waals surface area contributed by atoms with Crippen LogP contribution in [-0.4, -0.2) is 31.2 Å². The van der Waals surface area contributed by atoms with Gasteiger partial charge in [0.2, 0.25) is 0 Å². The number of nitrogens with zero attached hydrogens (tertiary/aromatic N) is 3. The van der Waals surface area contributed by atoms with Crippen molar-refractivity contribution in [2.75, 3.05) is 36.0 Å². The second-order valence-corrected chi connectivity index (χ2v) is 6.16. The average Bonchev–Trinajstić information content (AvgIpc) is 2.48. The van der Waals surface area contributed by atoms with Crippen LogP contribution < -0.4 is 9.80 Å². The second-order valence-electron chi connectivity index (χ2n) is 4.81. The Bertz CT molecular complexity index is 580. The number of hydrogen-bond acceptors (Lipinski definition) is 3. The largest absolute Gasteiger partial charge is 0.368 e. The summed E-state index contributed by atoms with van der Waals surface area (Å²) in [5.41, 5.74) is 2.41. The maximum atomic E-state index is 5.93. The highest BCUT2D eigenvalue weighted by molar-refractivity contribution is 9.10. The molecular weight excluding hydrogens is 338 g/mol. The zero-order valence-corrected chi connectivity index (χ0v) is 13.3. The van der Waals surface area contributed by atoms with Gasteiger partial charge in [0.05, 0.1) is 11.9 Å². The van der Waals surface area contributed by atoms with Gasteiger partial charge in [-0.05, 0) is 46.3 Å². The number of aromatic nitrogens is 1. The third-order valence-corrected chi connectivity index (χ3v) is 4.21. The Morgan fingerprint density at radius 1 is 0.900 bits per heavy atom. The Hall–Kier alpha value is -1.26. The van der Waals surface area contributed by atoms with Crippen molar-refractivity contribution in [3.05, 3.63) is 52.2 Å². The lowest BCUT2D eigenvalue weighted by Gasteiger charge is -2.37. The molecule has 104 valence electrons. The summed E-state index contributed by atoms with van der Waals surface area (Å²) < 4.78 is 1.02. The number of pyridine rings is 1. The van der Waals surface area contributed by atoms with Crippen LogP contribution in [0.3, 0.4) is 0 Å². The molecule has 20 heavy (non-hydrogen) atoms. The minimum atomic E-state index is 0.785. The van der Waals surface area contributed by atoms with Crippen LogP contribution in [0, 0.1) is 0 Å². The molecule has 0 saturated carbocycles. The van der Waals surface area contributed by atoms with Crippen molar-refractivity contribution in [2.24, 2.45) is 0 Å². The Morgan fingerprint density at radius 3 is 2.10 bits per heavy atom. The van der Waals surface area contributed by atoms with Crippen LogP contribution in [0.1, 0.15) is 0 Å². The Kier molecular flexibility index (Phi) is 4.13. The van der Waals surface area contributed by atoms with Crippen LogP contribution in [0.25, 0.3) is 0 Å². The van der Waals surface area contributed by atoms with E-state index in [4.69, 9.17) is 11.6 Å². The van der Waals surface area contributed by atoms with Crippen LogP contribution in [0.4, 0.5) is 11.4 Å². The first-order chi connectivity index (χ1) is 9.72. The highest BCUT2D eigenvalue weighted by atomic mass is 79.9. The van der Waals surface area contributed by atoms with E-state index >= 15 is 0 Å². The molecule has 0 amide bonds. The smallest absolute Gasteiger partial charge is 0.0565 e. The molecule has 1 aliphatic heterocycles. The fourth-order valence-corrected chi connectivity index (χ4v) is 2.93. The Balaban J connectivity index is 1.66. The van der Waals surface area contributed by atoms with Crippen LogP contribution in [-0.2, 0) is 0 Å². The van der Waals surface area contributed by atoms with Crippen LogP contribution in [0.5, 0.6) is 0 Å². The molecule has 0 radical (unpaired) electrons. The van der Waals surface area contributed by atoms with Gasteiger partial charge in [-0.3, -0.25) is 4.98 Å². The quantitative estimate of drug-likeness (QED) is 0.819. The van der Waals surface area contributed by atoms with Gasteiger partial charge in [-0.15, -0.1) is 0 Å². The summed E-state index contributed by atoms with van der Waals surface area (Å²) in [6, 6.07) is 10.2. The van der Waals surface area contributed by atoms with E-state index in [-0.39, 0.29) is 0 Å². The number of halogens is 2. The molecule has 1 aliphatic rings. The van der Waals surface area contributed by atoms with Gasteiger partial charge < -0.3 is 9.80 Å². The van der Waals surface area contributed by atoms with Crippen LogP contribution in [0.15, 0.2) is 47.2 Å². The number of anilines is 2. The predicted molar refractivity (Wildman–Crippen MR) is 87.8 cm³/mol. The summed E-state index contributed by atoms with van der Waals surface area (Å²) in [5, 5.41) is 0.785. The van der Waals surface area contributed by atoms with Crippen LogP contribution in [0.2, 0.25) is 5.02 Å². The molecule has 0 spiro atoms. The summed E-state index contributed by atoms with van der Waals surface area (Å²) in [4.78, 5) is 8.98. The van der Waals surface area contributed by atoms with Gasteiger partial charge in [0.25, 0.3) is 0 Å². The van der Waals surface area contributed by atoms with Gasteiger partial charge in [0.15, 0.2) is 0 Å². The molecule has 0 unspecified atom stereocenters. The third kappa shape index (κ3) is 3.07. The molecule has 3 nitrogen and oxygen atoms in total. The molecule has 0 atom stereocenters. The van der Waals surface area contributed by atoms with Gasteiger partial charge in [-0.1, -0.05) is 11.6 Å². The highest BCUT2D eigenvalue weighted by Crippen LogP contribution is 2.23. The topological polar surface area (TPSA) is 19.4 Å². The molecule has 5 heteroatoms. The SMILES string of the molecule is Clc1ccc(N2CCN(c3cncc(Br)c3)CC2)cc1. The number of rotatable bonds is 2. The van der Waals surface area contributed by atoms with Crippen molar-refractivity contribution in [3.63, 3.8) is 0 Å². The Morgan fingerprint density at radius 2 is 1.50 bits per heavy atom. The fraction of sp³-hybridized carbons (Fsp3) is 0.267. The van der Waals surface area contributed by atoms with E-state index in [2.05, 4.69) is 48.9 Å². The first kappa shape index (κ1) is 13.7. The minimum absolute atomic E-state index is 0.785. The van der Waals surface area contributed by atoms with E-state index in [1.807, 2.05) is 24.5 Å². The van der Waals surface area contributed by atoms with E-state index in [1.165, 1.54) is 11.4 Å². The number of hydrogen-bond donors (Lipinski definition) is 0. The van der Waals surface area contributed by atoms with E-state index < -0.39 is 0 Å². The van der Waals surface area contributed by atoms with Crippen LogP contribution >= 0.6 is 27.5 Å². The summed E-state index contributed by atoms with van der Waals surface area (Å²) in [7, 11) is 0. The van der Waals surface area contributed by atoms with Gasteiger partial charge in [0.1, 0.15) is 0 Å². The van der Waals surface area contributed by atoms with Crippen molar-refractivity contribution in [1.29, 1.82) is 0 Å². The highest BCUT2D eigenvalue weighted by Gasteiger charge is 2.17. The van der Waals surface area contributed by atoms with Crippen molar-refractivity contribution in [1.82, 2.24) is 4.98 Å².